The van der Waals surface area contributed by atoms with Crippen LogP contribution in [0, 0.1) is 11.3 Å². The zero-order chi connectivity index (χ0) is 16.6. The summed E-state index contributed by atoms with van der Waals surface area (Å²) in [5.74, 6) is 0.282. The number of guanidine groups is 1. The third-order valence-electron chi connectivity index (χ3n) is 4.35. The summed E-state index contributed by atoms with van der Waals surface area (Å²) in [6.07, 6.45) is 3.36. The number of nitrogens with zero attached hydrogens (tertiary/aromatic N) is 3. The van der Waals surface area contributed by atoms with Crippen molar-refractivity contribution in [3.63, 3.8) is 0 Å². The molecule has 0 spiro atoms. The number of hydrogen-bond donors (Lipinski definition) is 1. The molecule has 1 unspecified atom stereocenters. The molecule has 0 aliphatic carbocycles. The van der Waals surface area contributed by atoms with E-state index in [1.807, 2.05) is 25.1 Å². The van der Waals surface area contributed by atoms with Gasteiger partial charge in [-0.15, -0.1) is 11.8 Å². The maximum absolute atomic E-state index is 12.1. The molecule has 2 aliphatic rings. The lowest BCUT2D eigenvalue weighted by Gasteiger charge is -2.37. The van der Waals surface area contributed by atoms with Crippen LogP contribution in [0.1, 0.15) is 30.9 Å². The average molecular weight is 326 g/mol. The van der Waals surface area contributed by atoms with Gasteiger partial charge in [-0.2, -0.15) is 5.26 Å². The number of rotatable bonds is 2. The summed E-state index contributed by atoms with van der Waals surface area (Å²) in [4.78, 5) is 19.2. The maximum Gasteiger partial charge on any atom is 0.231 e. The lowest BCUT2D eigenvalue weighted by atomic mass is 9.90. The lowest BCUT2D eigenvalue weighted by molar-refractivity contribution is -0.128. The quantitative estimate of drug-likeness (QED) is 0.904. The molecule has 2 atom stereocenters. The monoisotopic (exact) mass is 326 g/mol. The second kappa shape index (κ2) is 5.74. The fourth-order valence-corrected chi connectivity index (χ4v) is 4.23. The second-order valence-corrected chi connectivity index (χ2v) is 7.30. The van der Waals surface area contributed by atoms with Gasteiger partial charge in [0.25, 0.3) is 0 Å². The molecule has 3 rings (SSSR count). The molecule has 1 amide bonds. The largest absolute Gasteiger partial charge is 0.369 e. The van der Waals surface area contributed by atoms with Crippen LogP contribution in [0.4, 0.5) is 0 Å². The molecule has 0 bridgehead atoms. The van der Waals surface area contributed by atoms with E-state index in [-0.39, 0.29) is 17.1 Å². The SMILES string of the molecule is CN1C(=O)C[C@@](C)(C2CC=C(c3cccc(C#N)c3)S2)N=C1N. The Bertz CT molecular complexity index is 764. The van der Waals surface area contributed by atoms with E-state index in [1.54, 1.807) is 24.9 Å². The first-order valence-electron chi connectivity index (χ1n) is 7.42. The van der Waals surface area contributed by atoms with Crippen molar-refractivity contribution in [3.05, 3.63) is 41.5 Å². The molecule has 2 heterocycles. The molecule has 1 aromatic carbocycles. The first kappa shape index (κ1) is 15.6. The first-order chi connectivity index (χ1) is 10.9. The molecular formula is C17H18N4OS. The van der Waals surface area contributed by atoms with Gasteiger partial charge in [-0.05, 0) is 31.0 Å². The summed E-state index contributed by atoms with van der Waals surface area (Å²) < 4.78 is 0. The fraction of sp³-hybridized carbons (Fsp3) is 0.353. The Labute approximate surface area is 139 Å². The molecule has 0 saturated carbocycles. The highest BCUT2D eigenvalue weighted by molar-refractivity contribution is 8.09. The van der Waals surface area contributed by atoms with Crippen LogP contribution >= 0.6 is 11.8 Å². The topological polar surface area (TPSA) is 82.5 Å². The minimum Gasteiger partial charge on any atom is -0.369 e. The van der Waals surface area contributed by atoms with Crippen molar-refractivity contribution >= 4 is 28.5 Å². The van der Waals surface area contributed by atoms with Crippen LogP contribution < -0.4 is 5.73 Å². The van der Waals surface area contributed by atoms with Crippen LogP contribution in [-0.4, -0.2) is 34.6 Å². The predicted octanol–water partition coefficient (Wildman–Crippen LogP) is 2.34. The smallest absolute Gasteiger partial charge is 0.231 e. The highest BCUT2D eigenvalue weighted by Crippen LogP contribution is 2.46. The summed E-state index contributed by atoms with van der Waals surface area (Å²) in [6.45, 7) is 1.99. The zero-order valence-electron chi connectivity index (χ0n) is 13.1. The normalized spacial score (nSPS) is 27.4. The van der Waals surface area contributed by atoms with E-state index in [1.165, 1.54) is 4.90 Å². The molecule has 0 fully saturated rings. The minimum atomic E-state index is -0.497. The summed E-state index contributed by atoms with van der Waals surface area (Å²) in [5.41, 5.74) is 7.08. The van der Waals surface area contributed by atoms with E-state index < -0.39 is 5.54 Å². The highest BCUT2D eigenvalue weighted by atomic mass is 32.2. The molecule has 2 N–H and O–H groups in total. The molecule has 5 nitrogen and oxygen atoms in total. The van der Waals surface area contributed by atoms with E-state index in [0.29, 0.717) is 12.0 Å². The summed E-state index contributed by atoms with van der Waals surface area (Å²) >= 11 is 1.71. The Morgan fingerprint density at radius 3 is 3.00 bits per heavy atom. The number of allylic oxidation sites excluding steroid dienone is 1. The summed E-state index contributed by atoms with van der Waals surface area (Å²) in [7, 11) is 1.65. The molecular weight excluding hydrogens is 308 g/mol. The van der Waals surface area contributed by atoms with Gasteiger partial charge in [-0.1, -0.05) is 18.2 Å². The molecule has 6 heteroatoms. The Morgan fingerprint density at radius 2 is 2.30 bits per heavy atom. The van der Waals surface area contributed by atoms with Gasteiger partial charge in [0.05, 0.1) is 23.6 Å². The standard InChI is InChI=1S/C17H18N4OS/c1-17(9-15(22)21(2)16(19)20-17)14-7-6-13(23-14)12-5-3-4-11(8-12)10-18/h3-6,8,14H,7,9H2,1-2H3,(H2,19,20)/t14?,17-/m0/s1. The third-order valence-corrected chi connectivity index (χ3v) is 5.99. The van der Waals surface area contributed by atoms with Crippen molar-refractivity contribution in [2.24, 2.45) is 10.7 Å². The van der Waals surface area contributed by atoms with E-state index >= 15 is 0 Å². The zero-order valence-corrected chi connectivity index (χ0v) is 13.9. The molecule has 118 valence electrons. The van der Waals surface area contributed by atoms with Gasteiger partial charge >= 0.3 is 0 Å². The van der Waals surface area contributed by atoms with E-state index in [4.69, 9.17) is 11.0 Å². The van der Waals surface area contributed by atoms with Gasteiger partial charge in [-0.25, -0.2) is 4.99 Å². The Hall–Kier alpha value is -2.26. The molecule has 0 saturated heterocycles. The van der Waals surface area contributed by atoms with Gasteiger partial charge < -0.3 is 5.73 Å². The number of thioether (sulfide) groups is 1. The van der Waals surface area contributed by atoms with Crippen LogP contribution in [-0.2, 0) is 4.79 Å². The Kier molecular flexibility index (Phi) is 3.90. The second-order valence-electron chi connectivity index (χ2n) is 6.06. The molecule has 1 aromatic rings. The number of carbonyl (C=O) groups excluding carboxylic acids is 1. The van der Waals surface area contributed by atoms with Crippen LogP contribution in [0.3, 0.4) is 0 Å². The van der Waals surface area contributed by atoms with Crippen LogP contribution in [0.2, 0.25) is 0 Å². The van der Waals surface area contributed by atoms with Gasteiger partial charge in [0, 0.05) is 17.2 Å². The Balaban J connectivity index is 1.81. The van der Waals surface area contributed by atoms with Crippen LogP contribution in [0.5, 0.6) is 0 Å². The molecule has 2 aliphatic heterocycles. The summed E-state index contributed by atoms with van der Waals surface area (Å²) in [5, 5.41) is 9.20. The highest BCUT2D eigenvalue weighted by Gasteiger charge is 2.43. The van der Waals surface area contributed by atoms with Crippen molar-refractivity contribution in [2.45, 2.75) is 30.6 Å². The maximum atomic E-state index is 12.1. The van der Waals surface area contributed by atoms with E-state index in [0.717, 1.165) is 16.9 Å². The third kappa shape index (κ3) is 2.84. The average Bonchev–Trinajstić information content (AvgIpc) is 3.03. The van der Waals surface area contributed by atoms with Crippen molar-refractivity contribution < 1.29 is 4.79 Å². The van der Waals surface area contributed by atoms with Crippen LogP contribution in [0.25, 0.3) is 4.91 Å². The number of hydrogen-bond acceptors (Lipinski definition) is 5. The van der Waals surface area contributed by atoms with E-state index in [2.05, 4.69) is 17.1 Å². The van der Waals surface area contributed by atoms with Crippen molar-refractivity contribution in [3.8, 4) is 6.07 Å². The van der Waals surface area contributed by atoms with E-state index in [9.17, 15) is 4.79 Å². The lowest BCUT2D eigenvalue weighted by Crippen LogP contribution is -2.51. The number of nitrogens with two attached hydrogens (primary N) is 1. The van der Waals surface area contributed by atoms with Gasteiger partial charge in [0.15, 0.2) is 5.96 Å². The van der Waals surface area contributed by atoms with Crippen LogP contribution in [0.15, 0.2) is 35.3 Å². The molecule has 23 heavy (non-hydrogen) atoms. The number of carbonyl (C=O) groups is 1. The fourth-order valence-electron chi connectivity index (χ4n) is 2.89. The number of aliphatic imine (C=N–C) groups is 1. The number of amides is 1. The van der Waals surface area contributed by atoms with Crippen molar-refractivity contribution in [1.82, 2.24) is 4.90 Å². The van der Waals surface area contributed by atoms with Crippen molar-refractivity contribution in [1.29, 1.82) is 5.26 Å². The minimum absolute atomic E-state index is 0.000489. The molecule has 0 aromatic heterocycles. The number of nitriles is 1. The van der Waals surface area contributed by atoms with Crippen molar-refractivity contribution in [2.75, 3.05) is 7.05 Å². The summed E-state index contributed by atoms with van der Waals surface area (Å²) in [6, 6.07) is 9.74. The number of benzene rings is 1. The first-order valence-corrected chi connectivity index (χ1v) is 8.30. The van der Waals surface area contributed by atoms with Gasteiger partial charge in [-0.3, -0.25) is 9.69 Å². The van der Waals surface area contributed by atoms with Gasteiger partial charge in [0.1, 0.15) is 0 Å². The Morgan fingerprint density at radius 1 is 1.52 bits per heavy atom. The molecule has 0 radical (unpaired) electrons. The predicted molar refractivity (Wildman–Crippen MR) is 92.5 cm³/mol. The van der Waals surface area contributed by atoms with Gasteiger partial charge in [0.2, 0.25) is 5.91 Å².